The molecule has 0 spiro atoms. The van der Waals surface area contributed by atoms with Crippen molar-refractivity contribution in [3.63, 3.8) is 0 Å². The summed E-state index contributed by atoms with van der Waals surface area (Å²) in [4.78, 5) is 8.22. The van der Waals surface area contributed by atoms with Crippen molar-refractivity contribution in [2.45, 2.75) is 38.6 Å². The van der Waals surface area contributed by atoms with Crippen molar-refractivity contribution in [1.29, 1.82) is 0 Å². The van der Waals surface area contributed by atoms with Crippen molar-refractivity contribution in [1.82, 2.24) is 9.97 Å². The minimum atomic E-state index is 0.592. The molecule has 0 aromatic carbocycles. The van der Waals surface area contributed by atoms with Crippen LogP contribution in [0.25, 0.3) is 0 Å². The molecule has 4 nitrogen and oxygen atoms in total. The van der Waals surface area contributed by atoms with Gasteiger partial charge in [0.05, 0.1) is 0 Å². The Bertz CT molecular complexity index is 320. The topological polar surface area (TPSA) is 63.8 Å². The Labute approximate surface area is 83.9 Å². The molecule has 14 heavy (non-hydrogen) atoms. The molecular formula is C10H16N4. The smallest absolute Gasteiger partial charge is 0.134 e. The number of aromatic nitrogens is 2. The third-order valence-corrected chi connectivity index (χ3v) is 2.78. The Morgan fingerprint density at radius 2 is 2.29 bits per heavy atom. The van der Waals surface area contributed by atoms with E-state index in [2.05, 4.69) is 22.2 Å². The van der Waals surface area contributed by atoms with Gasteiger partial charge in [0.1, 0.15) is 18.0 Å². The van der Waals surface area contributed by atoms with E-state index in [4.69, 9.17) is 5.73 Å². The zero-order valence-corrected chi connectivity index (χ0v) is 8.45. The van der Waals surface area contributed by atoms with Gasteiger partial charge in [-0.2, -0.15) is 0 Å². The summed E-state index contributed by atoms with van der Waals surface area (Å²) in [5.41, 5.74) is 6.82. The van der Waals surface area contributed by atoms with Gasteiger partial charge >= 0.3 is 0 Å². The van der Waals surface area contributed by atoms with E-state index < -0.39 is 0 Å². The van der Waals surface area contributed by atoms with Crippen LogP contribution >= 0.6 is 0 Å². The van der Waals surface area contributed by atoms with Crippen LogP contribution in [0.15, 0.2) is 6.33 Å². The summed E-state index contributed by atoms with van der Waals surface area (Å²) in [5.74, 6) is 1.52. The minimum absolute atomic E-state index is 0.592. The summed E-state index contributed by atoms with van der Waals surface area (Å²) in [7, 11) is 0. The predicted octanol–water partition coefficient (Wildman–Crippen LogP) is 1.59. The molecule has 0 radical (unpaired) electrons. The lowest BCUT2D eigenvalue weighted by Crippen LogP contribution is -2.28. The van der Waals surface area contributed by atoms with Gasteiger partial charge in [-0.25, -0.2) is 9.97 Å². The Kier molecular flexibility index (Phi) is 2.52. The first-order valence-corrected chi connectivity index (χ1v) is 5.17. The van der Waals surface area contributed by atoms with E-state index in [-0.39, 0.29) is 0 Å². The molecule has 0 bridgehead atoms. The maximum atomic E-state index is 5.78. The van der Waals surface area contributed by atoms with Crippen LogP contribution in [0.2, 0.25) is 0 Å². The summed E-state index contributed by atoms with van der Waals surface area (Å²) in [6.45, 7) is 2.07. The molecule has 4 heteroatoms. The molecule has 0 amide bonds. The van der Waals surface area contributed by atoms with E-state index in [9.17, 15) is 0 Å². The van der Waals surface area contributed by atoms with Crippen LogP contribution < -0.4 is 11.1 Å². The number of hydrogen-bond acceptors (Lipinski definition) is 4. The number of nitrogens with zero attached hydrogens (tertiary/aromatic N) is 2. The van der Waals surface area contributed by atoms with Crippen molar-refractivity contribution < 1.29 is 0 Å². The van der Waals surface area contributed by atoms with E-state index in [1.54, 1.807) is 0 Å². The van der Waals surface area contributed by atoms with Gasteiger partial charge in [-0.3, -0.25) is 0 Å². The van der Waals surface area contributed by atoms with Gasteiger partial charge in [0.25, 0.3) is 0 Å². The predicted molar refractivity (Wildman–Crippen MR) is 57.1 cm³/mol. The highest BCUT2D eigenvalue weighted by atomic mass is 15.1. The van der Waals surface area contributed by atoms with Crippen LogP contribution in [0, 0.1) is 0 Å². The number of hydrogen-bond donors (Lipinski definition) is 2. The standard InChI is InChI=1S/C10H16N4/c1-2-8-9(11)12-6-13-10(8)14-7-4-3-5-7/h6-7H,2-5H2,1H3,(H3,11,12,13,14). The van der Waals surface area contributed by atoms with E-state index in [1.807, 2.05) is 0 Å². The van der Waals surface area contributed by atoms with Gasteiger partial charge in [0, 0.05) is 11.6 Å². The number of nitrogens with two attached hydrogens (primary N) is 1. The average molecular weight is 192 g/mol. The Morgan fingerprint density at radius 3 is 2.86 bits per heavy atom. The van der Waals surface area contributed by atoms with Gasteiger partial charge in [-0.15, -0.1) is 0 Å². The van der Waals surface area contributed by atoms with Crippen LogP contribution in [0.4, 0.5) is 11.6 Å². The summed E-state index contributed by atoms with van der Waals surface area (Å²) in [5, 5.41) is 3.41. The quantitative estimate of drug-likeness (QED) is 0.763. The first kappa shape index (κ1) is 9.24. The van der Waals surface area contributed by atoms with Crippen LogP contribution in [0.5, 0.6) is 0 Å². The number of rotatable bonds is 3. The molecule has 0 unspecified atom stereocenters. The van der Waals surface area contributed by atoms with Crippen molar-refractivity contribution >= 4 is 11.6 Å². The summed E-state index contributed by atoms with van der Waals surface area (Å²) in [6, 6.07) is 0.592. The second-order valence-corrected chi connectivity index (χ2v) is 3.71. The molecule has 2 rings (SSSR count). The molecule has 1 aromatic heterocycles. The Hall–Kier alpha value is -1.32. The minimum Gasteiger partial charge on any atom is -0.383 e. The number of nitrogens with one attached hydrogen (secondary N) is 1. The average Bonchev–Trinajstić information content (AvgIpc) is 2.11. The van der Waals surface area contributed by atoms with Crippen molar-refractivity contribution in [2.75, 3.05) is 11.1 Å². The lowest BCUT2D eigenvalue weighted by molar-refractivity contribution is 0.444. The first-order valence-electron chi connectivity index (χ1n) is 5.17. The van der Waals surface area contributed by atoms with E-state index in [0.717, 1.165) is 17.8 Å². The second kappa shape index (κ2) is 3.82. The summed E-state index contributed by atoms with van der Waals surface area (Å²) < 4.78 is 0. The molecule has 1 aliphatic rings. The molecular weight excluding hydrogens is 176 g/mol. The van der Waals surface area contributed by atoms with Crippen LogP contribution in [-0.2, 0) is 6.42 Å². The van der Waals surface area contributed by atoms with Gasteiger partial charge in [-0.05, 0) is 25.7 Å². The molecule has 3 N–H and O–H groups in total. The molecule has 0 atom stereocenters. The number of nitrogen functional groups attached to an aromatic ring is 1. The maximum absolute atomic E-state index is 5.78. The van der Waals surface area contributed by atoms with Gasteiger partial charge in [0.2, 0.25) is 0 Å². The van der Waals surface area contributed by atoms with Gasteiger partial charge < -0.3 is 11.1 Å². The fourth-order valence-corrected chi connectivity index (χ4v) is 1.64. The molecule has 0 saturated heterocycles. The van der Waals surface area contributed by atoms with Crippen molar-refractivity contribution in [3.8, 4) is 0 Å². The van der Waals surface area contributed by atoms with Gasteiger partial charge in [-0.1, -0.05) is 6.92 Å². The fourth-order valence-electron chi connectivity index (χ4n) is 1.64. The molecule has 1 aromatic rings. The zero-order chi connectivity index (χ0) is 9.97. The normalized spacial score (nSPS) is 16.4. The van der Waals surface area contributed by atoms with Crippen molar-refractivity contribution in [2.24, 2.45) is 0 Å². The molecule has 0 aliphatic heterocycles. The monoisotopic (exact) mass is 192 g/mol. The Balaban J connectivity index is 2.17. The SMILES string of the molecule is CCc1c(N)ncnc1NC1CCC1. The molecule has 1 fully saturated rings. The maximum Gasteiger partial charge on any atom is 0.134 e. The van der Waals surface area contributed by atoms with Gasteiger partial charge in [0.15, 0.2) is 0 Å². The number of anilines is 2. The molecule has 76 valence electrons. The Morgan fingerprint density at radius 1 is 1.50 bits per heavy atom. The van der Waals surface area contributed by atoms with Crippen LogP contribution in [0.3, 0.4) is 0 Å². The van der Waals surface area contributed by atoms with E-state index >= 15 is 0 Å². The highest BCUT2D eigenvalue weighted by Gasteiger charge is 2.19. The van der Waals surface area contributed by atoms with Crippen LogP contribution in [-0.4, -0.2) is 16.0 Å². The first-order chi connectivity index (χ1) is 6.81. The van der Waals surface area contributed by atoms with E-state index in [1.165, 1.54) is 25.6 Å². The third kappa shape index (κ3) is 1.64. The molecule has 1 saturated carbocycles. The van der Waals surface area contributed by atoms with E-state index in [0.29, 0.717) is 11.9 Å². The summed E-state index contributed by atoms with van der Waals surface area (Å²) >= 11 is 0. The third-order valence-electron chi connectivity index (χ3n) is 2.78. The highest BCUT2D eigenvalue weighted by molar-refractivity contribution is 5.55. The van der Waals surface area contributed by atoms with Crippen LogP contribution in [0.1, 0.15) is 31.7 Å². The lowest BCUT2D eigenvalue weighted by atomic mass is 9.93. The lowest BCUT2D eigenvalue weighted by Gasteiger charge is -2.27. The fraction of sp³-hybridized carbons (Fsp3) is 0.600. The molecule has 1 heterocycles. The van der Waals surface area contributed by atoms with Crippen molar-refractivity contribution in [3.05, 3.63) is 11.9 Å². The summed E-state index contributed by atoms with van der Waals surface area (Å²) in [6.07, 6.45) is 6.21. The highest BCUT2D eigenvalue weighted by Crippen LogP contribution is 2.25. The largest absolute Gasteiger partial charge is 0.383 e. The molecule has 1 aliphatic carbocycles. The second-order valence-electron chi connectivity index (χ2n) is 3.71. The zero-order valence-electron chi connectivity index (χ0n) is 8.45.